The fraction of sp³-hybridized carbons (Fsp3) is 0.333. The van der Waals surface area contributed by atoms with Crippen LogP contribution in [0.3, 0.4) is 0 Å². The number of anilines is 1. The van der Waals surface area contributed by atoms with E-state index in [0.717, 1.165) is 0 Å². The molecule has 5 nitrogen and oxygen atoms in total. The Kier molecular flexibility index (Phi) is 5.87. The number of rotatable bonds is 7. The van der Waals surface area contributed by atoms with Crippen LogP contribution in [0, 0.1) is 0 Å². The third-order valence-electron chi connectivity index (χ3n) is 3.47. The second-order valence-corrected chi connectivity index (χ2v) is 7.10. The lowest BCUT2D eigenvalue weighted by molar-refractivity contribution is 0.146. The van der Waals surface area contributed by atoms with Gasteiger partial charge in [0.15, 0.2) is 0 Å². The molecule has 0 atom stereocenters. The number of halogens is 4. The second kappa shape index (κ2) is 8.12. The van der Waals surface area contributed by atoms with Gasteiger partial charge in [0.1, 0.15) is 22.2 Å². The molecule has 0 radical (unpaired) electrons. The van der Waals surface area contributed by atoms with Crippen LogP contribution >= 0.6 is 23.3 Å². The predicted octanol–water partition coefficient (Wildman–Crippen LogP) is 4.57. The third kappa shape index (κ3) is 4.21. The molecule has 0 spiro atoms. The Morgan fingerprint density at radius 1 is 1.19 bits per heavy atom. The molecule has 0 unspecified atom stereocenters. The Morgan fingerprint density at radius 2 is 2.00 bits per heavy atom. The Labute approximate surface area is 155 Å². The normalized spacial score (nSPS) is 14.1. The lowest BCUT2D eigenvalue weighted by Crippen LogP contribution is -2.15. The average Bonchev–Trinajstić information content (AvgIpc) is 3.29. The highest BCUT2D eigenvalue weighted by Crippen LogP contribution is 2.27. The van der Waals surface area contributed by atoms with Crippen molar-refractivity contribution < 1.29 is 17.6 Å². The van der Waals surface area contributed by atoms with Crippen LogP contribution in [0.25, 0.3) is 0 Å². The van der Waals surface area contributed by atoms with Crippen LogP contribution in [-0.2, 0) is 6.54 Å². The zero-order valence-corrected chi connectivity index (χ0v) is 15.1. The number of thiazole rings is 1. The van der Waals surface area contributed by atoms with Gasteiger partial charge in [-0.05, 0) is 12.1 Å². The van der Waals surface area contributed by atoms with E-state index in [1.807, 2.05) is 0 Å². The van der Waals surface area contributed by atoms with Crippen LogP contribution in [0.2, 0.25) is 0 Å². The van der Waals surface area contributed by atoms with Crippen LogP contribution in [0.15, 0.2) is 34.6 Å². The zero-order chi connectivity index (χ0) is 18.7. The first kappa shape index (κ1) is 18.8. The summed E-state index contributed by atoms with van der Waals surface area (Å²) < 4.78 is 52.7. The van der Waals surface area contributed by atoms with Gasteiger partial charge in [-0.1, -0.05) is 18.0 Å². The van der Waals surface area contributed by atoms with Crippen molar-refractivity contribution in [3.05, 3.63) is 40.0 Å². The maximum Gasteiger partial charge on any atom is 0.280 e. The number of aromatic nitrogens is 2. The highest BCUT2D eigenvalue weighted by atomic mass is 32.2. The zero-order valence-electron chi connectivity index (χ0n) is 13.4. The molecule has 2 aromatic heterocycles. The molecule has 0 amide bonds. The van der Waals surface area contributed by atoms with E-state index in [0.29, 0.717) is 28.0 Å². The number of alkyl halides is 4. The Hall–Kier alpha value is -2.01. The minimum absolute atomic E-state index is 0.00350. The predicted molar refractivity (Wildman–Crippen MR) is 95.6 cm³/mol. The summed E-state index contributed by atoms with van der Waals surface area (Å²) in [5.41, 5.74) is -0.0929. The van der Waals surface area contributed by atoms with Crippen molar-refractivity contribution in [2.45, 2.75) is 25.8 Å². The number of pyridine rings is 1. The maximum absolute atomic E-state index is 12.8. The van der Waals surface area contributed by atoms with Crippen LogP contribution in [0.4, 0.5) is 23.4 Å². The lowest BCUT2D eigenvalue weighted by atomic mass is 10.2. The molecule has 26 heavy (non-hydrogen) atoms. The third-order valence-corrected chi connectivity index (χ3v) is 5.26. The molecule has 0 bridgehead atoms. The SMILES string of the molecule is CSN(Cc1ncc(C2=NN=C(C(F)F)C2)s1)c1cccc(C(F)F)n1. The molecular formula is C15H13F4N5S2. The maximum atomic E-state index is 12.8. The van der Waals surface area contributed by atoms with Gasteiger partial charge in [-0.2, -0.15) is 10.2 Å². The molecule has 1 aliphatic rings. The Bertz CT molecular complexity index is 837. The van der Waals surface area contributed by atoms with Crippen LogP contribution in [0.5, 0.6) is 0 Å². The molecule has 0 fully saturated rings. The molecule has 2 aromatic rings. The largest absolute Gasteiger partial charge is 0.294 e. The Morgan fingerprint density at radius 3 is 2.65 bits per heavy atom. The van der Waals surface area contributed by atoms with Crippen LogP contribution in [0.1, 0.15) is 28.4 Å². The monoisotopic (exact) mass is 403 g/mol. The molecule has 3 rings (SSSR count). The van der Waals surface area contributed by atoms with Gasteiger partial charge in [0, 0.05) is 18.9 Å². The summed E-state index contributed by atoms with van der Waals surface area (Å²) in [6, 6.07) is 4.44. The highest BCUT2D eigenvalue weighted by Gasteiger charge is 2.23. The summed E-state index contributed by atoms with van der Waals surface area (Å²) in [4.78, 5) is 8.89. The first-order chi connectivity index (χ1) is 12.5. The number of hydrogen-bond donors (Lipinski definition) is 0. The Balaban J connectivity index is 1.71. The van der Waals surface area contributed by atoms with Gasteiger partial charge in [0.2, 0.25) is 0 Å². The van der Waals surface area contributed by atoms with Crippen molar-refractivity contribution in [3.8, 4) is 0 Å². The fourth-order valence-corrected chi connectivity index (χ4v) is 3.71. The van der Waals surface area contributed by atoms with Crippen molar-refractivity contribution in [1.82, 2.24) is 9.97 Å². The van der Waals surface area contributed by atoms with E-state index in [2.05, 4.69) is 20.2 Å². The molecule has 3 heterocycles. The highest BCUT2D eigenvalue weighted by molar-refractivity contribution is 7.99. The number of nitrogens with zero attached hydrogens (tertiary/aromatic N) is 5. The summed E-state index contributed by atoms with van der Waals surface area (Å²) in [5, 5.41) is 7.97. The van der Waals surface area contributed by atoms with Crippen molar-refractivity contribution in [2.75, 3.05) is 10.6 Å². The van der Waals surface area contributed by atoms with Gasteiger partial charge in [0.25, 0.3) is 12.9 Å². The molecule has 11 heteroatoms. The first-order valence-corrected chi connectivity index (χ1v) is 9.41. The van der Waals surface area contributed by atoms with E-state index < -0.39 is 12.9 Å². The fourth-order valence-electron chi connectivity index (χ4n) is 2.20. The quantitative estimate of drug-likeness (QED) is 0.502. The molecule has 0 saturated heterocycles. The van der Waals surface area contributed by atoms with Gasteiger partial charge in [-0.25, -0.2) is 27.5 Å². The van der Waals surface area contributed by atoms with Gasteiger partial charge in [0.05, 0.1) is 17.1 Å². The van der Waals surface area contributed by atoms with Crippen molar-refractivity contribution in [2.24, 2.45) is 10.2 Å². The molecule has 0 saturated carbocycles. The minimum atomic E-state index is -2.64. The van der Waals surface area contributed by atoms with E-state index in [-0.39, 0.29) is 17.8 Å². The minimum Gasteiger partial charge on any atom is -0.294 e. The molecule has 0 aromatic carbocycles. The summed E-state index contributed by atoms with van der Waals surface area (Å²) in [5.74, 6) is 0.397. The van der Waals surface area contributed by atoms with E-state index in [4.69, 9.17) is 0 Å². The van der Waals surface area contributed by atoms with Crippen molar-refractivity contribution in [3.63, 3.8) is 0 Å². The molecular weight excluding hydrogens is 390 g/mol. The molecule has 0 aliphatic carbocycles. The summed E-state index contributed by atoms with van der Waals surface area (Å²) in [7, 11) is 0. The van der Waals surface area contributed by atoms with Crippen LogP contribution < -0.4 is 4.31 Å². The van der Waals surface area contributed by atoms with Gasteiger partial charge < -0.3 is 0 Å². The molecule has 138 valence electrons. The van der Waals surface area contributed by atoms with E-state index >= 15 is 0 Å². The molecule has 0 N–H and O–H groups in total. The van der Waals surface area contributed by atoms with Crippen molar-refractivity contribution >= 4 is 40.5 Å². The second-order valence-electron chi connectivity index (χ2n) is 5.17. The number of hydrogen-bond acceptors (Lipinski definition) is 7. The molecule has 1 aliphatic heterocycles. The van der Waals surface area contributed by atoms with Gasteiger partial charge in [-0.3, -0.25) is 4.31 Å². The first-order valence-electron chi connectivity index (χ1n) is 7.41. The smallest absolute Gasteiger partial charge is 0.280 e. The summed E-state index contributed by atoms with van der Waals surface area (Å²) in [6.07, 6.45) is -1.90. The van der Waals surface area contributed by atoms with Crippen molar-refractivity contribution in [1.29, 1.82) is 0 Å². The van der Waals surface area contributed by atoms with Gasteiger partial charge in [-0.15, -0.1) is 11.3 Å². The lowest BCUT2D eigenvalue weighted by Gasteiger charge is -2.19. The van der Waals surface area contributed by atoms with E-state index in [1.165, 1.54) is 35.4 Å². The topological polar surface area (TPSA) is 53.7 Å². The average molecular weight is 403 g/mol. The standard InChI is InChI=1S/C15H13F4N5S2/c1-25-24(12-4-2-3-8(21-12)14(16)17)7-13-20-6-11(26-13)9-5-10(15(18)19)23-22-9/h2-4,6,14-15H,5,7H2,1H3. The van der Waals surface area contributed by atoms with Crippen LogP contribution in [-0.4, -0.2) is 34.1 Å². The van der Waals surface area contributed by atoms with E-state index in [9.17, 15) is 17.6 Å². The summed E-state index contributed by atoms with van der Waals surface area (Å²) >= 11 is 2.63. The summed E-state index contributed by atoms with van der Waals surface area (Å²) in [6.45, 7) is 0.335. The van der Waals surface area contributed by atoms with Gasteiger partial charge >= 0.3 is 0 Å². The van der Waals surface area contributed by atoms with E-state index in [1.54, 1.807) is 22.8 Å².